The molecule has 2 rings (SSSR count). The third kappa shape index (κ3) is 3.42. The molecule has 0 radical (unpaired) electrons. The number of hydrogen-bond acceptors (Lipinski definition) is 2. The molecule has 0 saturated carbocycles. The average Bonchev–Trinajstić information content (AvgIpc) is 2.34. The largest absolute Gasteiger partial charge is 0.278 e. The first-order chi connectivity index (χ1) is 9.29. The summed E-state index contributed by atoms with van der Waals surface area (Å²) in [4.78, 5) is 0.221. The van der Waals surface area contributed by atoms with Crippen molar-refractivity contribution < 1.29 is 8.42 Å². The average molecular weight is 419 g/mol. The van der Waals surface area contributed by atoms with Crippen LogP contribution in [0.15, 0.2) is 50.2 Å². The molecule has 0 aliphatic carbocycles. The number of hydrogen-bond donors (Lipinski definition) is 1. The highest BCUT2D eigenvalue weighted by Crippen LogP contribution is 2.30. The van der Waals surface area contributed by atoms with E-state index < -0.39 is 10.0 Å². The second-order valence-electron chi connectivity index (χ2n) is 4.50. The number of rotatable bonds is 3. The minimum atomic E-state index is -3.60. The first-order valence-corrected chi connectivity index (χ1v) is 8.91. The van der Waals surface area contributed by atoms with Crippen LogP contribution in [-0.4, -0.2) is 8.42 Å². The molecule has 0 aromatic heterocycles. The highest BCUT2D eigenvalue weighted by Gasteiger charge is 2.17. The van der Waals surface area contributed by atoms with Crippen LogP contribution in [0.5, 0.6) is 0 Å². The molecule has 0 heterocycles. The lowest BCUT2D eigenvalue weighted by Gasteiger charge is -2.13. The second kappa shape index (κ2) is 5.87. The van der Waals surface area contributed by atoms with E-state index in [1.54, 1.807) is 24.3 Å². The van der Waals surface area contributed by atoms with Crippen LogP contribution in [-0.2, 0) is 10.0 Å². The molecule has 2 aromatic rings. The van der Waals surface area contributed by atoms with Gasteiger partial charge in [0.1, 0.15) is 0 Å². The molecular formula is C14H13Br2NO2S. The number of sulfonamides is 1. The Morgan fingerprint density at radius 3 is 2.35 bits per heavy atom. The maximum Gasteiger partial charge on any atom is 0.261 e. The Morgan fingerprint density at radius 1 is 1.05 bits per heavy atom. The van der Waals surface area contributed by atoms with Gasteiger partial charge in [0.15, 0.2) is 0 Å². The van der Waals surface area contributed by atoms with Crippen molar-refractivity contribution in [3.63, 3.8) is 0 Å². The molecule has 0 unspecified atom stereocenters. The van der Waals surface area contributed by atoms with Gasteiger partial charge in [-0.05, 0) is 65.2 Å². The Labute approximate surface area is 135 Å². The standard InChI is InChI=1S/C14H13Br2NO2S/c1-9-6-10(2)14(13(16)7-9)17-20(18,19)12-5-3-4-11(15)8-12/h3-8,17H,1-2H3. The Hall–Kier alpha value is -0.850. The molecular weight excluding hydrogens is 406 g/mol. The van der Waals surface area contributed by atoms with Gasteiger partial charge >= 0.3 is 0 Å². The molecule has 20 heavy (non-hydrogen) atoms. The second-order valence-corrected chi connectivity index (χ2v) is 7.95. The highest BCUT2D eigenvalue weighted by molar-refractivity contribution is 9.10. The van der Waals surface area contributed by atoms with Gasteiger partial charge in [-0.15, -0.1) is 0 Å². The monoisotopic (exact) mass is 417 g/mol. The maximum atomic E-state index is 12.4. The molecule has 0 spiro atoms. The van der Waals surface area contributed by atoms with Crippen molar-refractivity contribution in [2.75, 3.05) is 4.72 Å². The van der Waals surface area contributed by atoms with Gasteiger partial charge in [0.25, 0.3) is 10.0 Å². The first kappa shape index (κ1) is 15.5. The van der Waals surface area contributed by atoms with Crippen molar-refractivity contribution >= 4 is 47.6 Å². The van der Waals surface area contributed by atoms with Gasteiger partial charge in [-0.25, -0.2) is 8.42 Å². The quantitative estimate of drug-likeness (QED) is 0.789. The summed E-state index contributed by atoms with van der Waals surface area (Å²) in [6, 6.07) is 10.4. The van der Waals surface area contributed by atoms with Gasteiger partial charge in [-0.2, -0.15) is 0 Å². The zero-order valence-electron chi connectivity index (χ0n) is 10.9. The third-order valence-electron chi connectivity index (χ3n) is 2.77. The fourth-order valence-corrected chi connectivity index (χ4v) is 4.52. The van der Waals surface area contributed by atoms with Crippen molar-refractivity contribution in [3.8, 4) is 0 Å². The lowest BCUT2D eigenvalue weighted by atomic mass is 10.1. The molecule has 1 N–H and O–H groups in total. The molecule has 2 aromatic carbocycles. The van der Waals surface area contributed by atoms with Gasteiger partial charge in [-0.3, -0.25) is 4.72 Å². The van der Waals surface area contributed by atoms with Crippen molar-refractivity contribution in [1.29, 1.82) is 0 Å². The minimum absolute atomic E-state index is 0.221. The van der Waals surface area contributed by atoms with E-state index in [9.17, 15) is 8.42 Å². The number of aryl methyl sites for hydroxylation is 2. The van der Waals surface area contributed by atoms with Crippen LogP contribution in [0.25, 0.3) is 0 Å². The summed E-state index contributed by atoms with van der Waals surface area (Å²) in [5.41, 5.74) is 2.51. The SMILES string of the molecule is Cc1cc(C)c(NS(=O)(=O)c2cccc(Br)c2)c(Br)c1. The predicted molar refractivity (Wildman–Crippen MR) is 88.6 cm³/mol. The smallest absolute Gasteiger partial charge is 0.261 e. The minimum Gasteiger partial charge on any atom is -0.278 e. The van der Waals surface area contributed by atoms with Crippen LogP contribution in [0.1, 0.15) is 11.1 Å². The lowest BCUT2D eigenvalue weighted by Crippen LogP contribution is -2.14. The fourth-order valence-electron chi connectivity index (χ4n) is 1.87. The van der Waals surface area contributed by atoms with Gasteiger partial charge in [0, 0.05) is 8.95 Å². The molecule has 0 aliphatic heterocycles. The molecule has 6 heteroatoms. The molecule has 0 saturated heterocycles. The van der Waals surface area contributed by atoms with E-state index in [1.165, 1.54) is 0 Å². The van der Waals surface area contributed by atoms with Gasteiger partial charge < -0.3 is 0 Å². The van der Waals surface area contributed by atoms with Crippen molar-refractivity contribution in [3.05, 3.63) is 56.5 Å². The van der Waals surface area contributed by atoms with E-state index in [4.69, 9.17) is 0 Å². The molecule has 0 amide bonds. The van der Waals surface area contributed by atoms with Crippen LogP contribution < -0.4 is 4.72 Å². The van der Waals surface area contributed by atoms with Crippen LogP contribution in [0.4, 0.5) is 5.69 Å². The third-order valence-corrected chi connectivity index (χ3v) is 5.24. The van der Waals surface area contributed by atoms with Crippen LogP contribution in [0.2, 0.25) is 0 Å². The summed E-state index contributed by atoms with van der Waals surface area (Å²) in [7, 11) is -3.60. The maximum absolute atomic E-state index is 12.4. The van der Waals surface area contributed by atoms with E-state index in [-0.39, 0.29) is 4.90 Å². The summed E-state index contributed by atoms with van der Waals surface area (Å²) in [6.45, 7) is 3.83. The van der Waals surface area contributed by atoms with Crippen molar-refractivity contribution in [2.45, 2.75) is 18.7 Å². The Kier molecular flexibility index (Phi) is 4.56. The van der Waals surface area contributed by atoms with Gasteiger partial charge in [0.05, 0.1) is 10.6 Å². The molecule has 0 atom stereocenters. The lowest BCUT2D eigenvalue weighted by molar-refractivity contribution is 0.601. The normalized spacial score (nSPS) is 11.4. The molecule has 0 bridgehead atoms. The molecule has 3 nitrogen and oxygen atoms in total. The van der Waals surface area contributed by atoms with Crippen LogP contribution in [0, 0.1) is 13.8 Å². The Balaban J connectivity index is 2.44. The van der Waals surface area contributed by atoms with Gasteiger partial charge in [0.2, 0.25) is 0 Å². The molecule has 106 valence electrons. The van der Waals surface area contributed by atoms with Crippen LogP contribution in [0.3, 0.4) is 0 Å². The van der Waals surface area contributed by atoms with E-state index in [1.807, 2.05) is 26.0 Å². The van der Waals surface area contributed by atoms with E-state index in [0.29, 0.717) is 5.69 Å². The summed E-state index contributed by atoms with van der Waals surface area (Å²) in [5, 5.41) is 0. The number of halogens is 2. The van der Waals surface area contributed by atoms with Gasteiger partial charge in [-0.1, -0.05) is 28.1 Å². The summed E-state index contributed by atoms with van der Waals surface area (Å²) in [6.07, 6.45) is 0. The van der Waals surface area contributed by atoms with E-state index in [2.05, 4.69) is 36.6 Å². The summed E-state index contributed by atoms with van der Waals surface area (Å²) >= 11 is 6.68. The van der Waals surface area contributed by atoms with Crippen molar-refractivity contribution in [1.82, 2.24) is 0 Å². The first-order valence-electron chi connectivity index (χ1n) is 5.85. The van der Waals surface area contributed by atoms with Crippen LogP contribution >= 0.6 is 31.9 Å². The highest BCUT2D eigenvalue weighted by atomic mass is 79.9. The zero-order valence-corrected chi connectivity index (χ0v) is 14.9. The number of anilines is 1. The topological polar surface area (TPSA) is 46.2 Å². The summed E-state index contributed by atoms with van der Waals surface area (Å²) in [5.74, 6) is 0. The number of nitrogens with one attached hydrogen (secondary N) is 1. The zero-order chi connectivity index (χ0) is 14.9. The Bertz CT molecular complexity index is 735. The molecule has 0 aliphatic rings. The van der Waals surface area contributed by atoms with Crippen molar-refractivity contribution in [2.24, 2.45) is 0 Å². The molecule has 0 fully saturated rings. The number of benzene rings is 2. The predicted octanol–water partition coefficient (Wildman–Crippen LogP) is 4.63. The Morgan fingerprint density at radius 2 is 1.75 bits per heavy atom. The van der Waals surface area contributed by atoms with E-state index >= 15 is 0 Å². The fraction of sp³-hybridized carbons (Fsp3) is 0.143. The summed E-state index contributed by atoms with van der Waals surface area (Å²) < 4.78 is 28.9. The van der Waals surface area contributed by atoms with E-state index in [0.717, 1.165) is 20.1 Å².